The van der Waals surface area contributed by atoms with Gasteiger partial charge >= 0.3 is 0 Å². The van der Waals surface area contributed by atoms with Crippen molar-refractivity contribution in [3.05, 3.63) is 0 Å². The van der Waals surface area contributed by atoms with Crippen LogP contribution in [0.5, 0.6) is 0 Å². The summed E-state index contributed by atoms with van der Waals surface area (Å²) in [6.07, 6.45) is 1.72. The molecule has 1 rings (SSSR count). The van der Waals surface area contributed by atoms with Gasteiger partial charge in [0.15, 0.2) is 0 Å². The summed E-state index contributed by atoms with van der Waals surface area (Å²) in [6.45, 7) is 12.5. The number of nitrogens with one attached hydrogen (secondary N) is 1. The molecule has 0 saturated heterocycles. The molecule has 7 heteroatoms. The Labute approximate surface area is 99.2 Å². The van der Waals surface area contributed by atoms with Gasteiger partial charge in [-0.15, -0.1) is 0 Å². The highest BCUT2D eigenvalue weighted by Crippen LogP contribution is 2.25. The summed E-state index contributed by atoms with van der Waals surface area (Å²) in [5.41, 5.74) is 4.25. The normalized spacial score (nSPS) is 26.9. The highest BCUT2D eigenvalue weighted by molar-refractivity contribution is 6.79. The molecule has 0 aromatic carbocycles. The number of rotatable bonds is 2. The predicted octanol–water partition coefficient (Wildman–Crippen LogP) is -0.328. The number of hydrogen-bond acceptors (Lipinski definition) is 4. The third-order valence-electron chi connectivity index (χ3n) is 2.64. The zero-order chi connectivity index (χ0) is 12.8. The molecule has 1 unspecified atom stereocenters. The van der Waals surface area contributed by atoms with Gasteiger partial charge < -0.3 is 15.1 Å². The highest BCUT2D eigenvalue weighted by atomic mass is 28.3. The van der Waals surface area contributed by atoms with E-state index in [2.05, 4.69) is 30.0 Å². The molecule has 3 N–H and O–H groups in total. The molecule has 0 spiro atoms. The third kappa shape index (κ3) is 2.20. The average Bonchev–Trinajstić information content (AvgIpc) is 1.98. The van der Waals surface area contributed by atoms with E-state index in [4.69, 9.17) is 5.73 Å². The molecular formula is C9H22N4OSi2. The van der Waals surface area contributed by atoms with E-state index >= 15 is 0 Å². The second-order valence-corrected chi connectivity index (χ2v) is 16.1. The molecule has 1 atom stereocenters. The van der Waals surface area contributed by atoms with Crippen LogP contribution in [-0.2, 0) is 0 Å². The van der Waals surface area contributed by atoms with Crippen molar-refractivity contribution in [2.75, 3.05) is 0 Å². The molecule has 1 heterocycles. The SMILES string of the molecule is C[Si](C)(C)[N+]1=CNC(N)=NC1([O-])[Si](C)(C)C. The quantitative estimate of drug-likeness (QED) is 0.666. The van der Waals surface area contributed by atoms with Crippen LogP contribution < -0.4 is 16.2 Å². The Kier molecular flexibility index (Phi) is 3.08. The minimum atomic E-state index is -2.03. The molecule has 5 nitrogen and oxygen atoms in total. The van der Waals surface area contributed by atoms with Crippen LogP contribution in [0.4, 0.5) is 0 Å². The van der Waals surface area contributed by atoms with E-state index in [1.807, 2.05) is 23.9 Å². The van der Waals surface area contributed by atoms with Crippen LogP contribution in [0.3, 0.4) is 0 Å². The van der Waals surface area contributed by atoms with Gasteiger partial charge in [-0.1, -0.05) is 19.6 Å². The minimum Gasteiger partial charge on any atom is -0.801 e. The molecule has 0 aromatic rings. The Balaban J connectivity index is 3.31. The summed E-state index contributed by atoms with van der Waals surface area (Å²) >= 11 is 0. The lowest BCUT2D eigenvalue weighted by atomic mass is 10.8. The lowest BCUT2D eigenvalue weighted by molar-refractivity contribution is -0.693. The number of aliphatic imine (C=N–C) groups is 1. The van der Waals surface area contributed by atoms with Crippen molar-refractivity contribution in [2.24, 2.45) is 10.7 Å². The van der Waals surface area contributed by atoms with Crippen LogP contribution in [-0.4, -0.2) is 38.3 Å². The maximum atomic E-state index is 13.0. The first kappa shape index (κ1) is 13.4. The predicted molar refractivity (Wildman–Crippen MR) is 70.5 cm³/mol. The fourth-order valence-electron chi connectivity index (χ4n) is 1.64. The molecule has 0 saturated carbocycles. The first-order valence-corrected chi connectivity index (χ1v) is 12.4. The molecule has 0 fully saturated rings. The maximum absolute atomic E-state index is 13.0. The lowest BCUT2D eigenvalue weighted by Gasteiger charge is -2.50. The van der Waals surface area contributed by atoms with E-state index in [0.717, 1.165) is 0 Å². The van der Waals surface area contributed by atoms with Crippen molar-refractivity contribution in [3.8, 4) is 0 Å². The minimum absolute atomic E-state index is 0.229. The van der Waals surface area contributed by atoms with Crippen molar-refractivity contribution in [1.29, 1.82) is 0 Å². The lowest BCUT2D eigenvalue weighted by Crippen LogP contribution is -2.75. The molecule has 0 amide bonds. The first-order valence-electron chi connectivity index (χ1n) is 5.43. The van der Waals surface area contributed by atoms with Crippen molar-refractivity contribution < 1.29 is 9.35 Å². The molecule has 1 aliphatic heterocycles. The van der Waals surface area contributed by atoms with Crippen molar-refractivity contribution in [3.63, 3.8) is 0 Å². The molecular weight excluding hydrogens is 236 g/mol. The summed E-state index contributed by atoms with van der Waals surface area (Å²) in [5, 5.41) is 15.9. The molecule has 1 aliphatic rings. The molecule has 0 bridgehead atoms. The Hall–Kier alpha value is -0.666. The monoisotopic (exact) mass is 258 g/mol. The standard InChI is InChI=1S/C9H21N4OSi2/c1-15(2,3)9(14)12-8(10)11-7-13(9)16(4,5)6/h7H,1-6H3,(H2,10,12)/q-1/p+1. The summed E-state index contributed by atoms with van der Waals surface area (Å²) < 4.78 is 1.88. The van der Waals surface area contributed by atoms with Gasteiger partial charge in [-0.3, -0.25) is 0 Å². The number of guanidine groups is 1. The smallest absolute Gasteiger partial charge is 0.287 e. The maximum Gasteiger partial charge on any atom is 0.287 e. The Morgan fingerprint density at radius 2 is 1.81 bits per heavy atom. The third-order valence-corrected chi connectivity index (χ3v) is 7.05. The Morgan fingerprint density at radius 3 is 2.19 bits per heavy atom. The van der Waals surface area contributed by atoms with Gasteiger partial charge in [0.2, 0.25) is 6.34 Å². The van der Waals surface area contributed by atoms with E-state index in [-0.39, 0.29) is 5.96 Å². The van der Waals surface area contributed by atoms with Crippen molar-refractivity contribution >= 4 is 28.6 Å². The summed E-state index contributed by atoms with van der Waals surface area (Å²) in [5.74, 6) is 0.229. The van der Waals surface area contributed by atoms with E-state index in [1.54, 1.807) is 6.34 Å². The van der Waals surface area contributed by atoms with E-state index in [1.165, 1.54) is 0 Å². The fraction of sp³-hybridized carbons (Fsp3) is 0.778. The van der Waals surface area contributed by atoms with Crippen LogP contribution in [0.2, 0.25) is 39.3 Å². The van der Waals surface area contributed by atoms with Gasteiger partial charge in [-0.05, 0) is 19.6 Å². The number of hydrogen-bond donors (Lipinski definition) is 2. The first-order chi connectivity index (χ1) is 6.98. The molecule has 0 aromatic heterocycles. The fourth-order valence-corrected chi connectivity index (χ4v) is 6.31. The molecule has 16 heavy (non-hydrogen) atoms. The largest absolute Gasteiger partial charge is 0.801 e. The van der Waals surface area contributed by atoms with Gasteiger partial charge in [0.05, 0.1) is 0 Å². The van der Waals surface area contributed by atoms with Gasteiger partial charge in [0, 0.05) is 0 Å². The van der Waals surface area contributed by atoms with E-state index in [0.29, 0.717) is 0 Å². The zero-order valence-corrected chi connectivity index (χ0v) is 13.0. The van der Waals surface area contributed by atoms with Crippen LogP contribution >= 0.6 is 0 Å². The van der Waals surface area contributed by atoms with E-state index in [9.17, 15) is 5.11 Å². The van der Waals surface area contributed by atoms with Crippen molar-refractivity contribution in [2.45, 2.75) is 44.8 Å². The van der Waals surface area contributed by atoms with Gasteiger partial charge in [-0.2, -0.15) is 0 Å². The summed E-state index contributed by atoms with van der Waals surface area (Å²) in [4.78, 5) is 4.15. The number of nitrogens with zero attached hydrogens (tertiary/aromatic N) is 2. The van der Waals surface area contributed by atoms with Gasteiger partial charge in [0.1, 0.15) is 13.5 Å². The van der Waals surface area contributed by atoms with E-state index < -0.39 is 21.8 Å². The summed E-state index contributed by atoms with van der Waals surface area (Å²) in [7, 11) is -3.79. The summed E-state index contributed by atoms with van der Waals surface area (Å²) in [6, 6.07) is 0. The molecule has 0 radical (unpaired) electrons. The number of nitrogens with two attached hydrogens (primary N) is 1. The topological polar surface area (TPSA) is 76.5 Å². The van der Waals surface area contributed by atoms with Crippen LogP contribution in [0.25, 0.3) is 0 Å². The average molecular weight is 258 g/mol. The van der Waals surface area contributed by atoms with Gasteiger partial charge in [-0.25, -0.2) is 10.3 Å². The second-order valence-electron chi connectivity index (χ2n) is 6.17. The zero-order valence-electron chi connectivity index (χ0n) is 11.0. The van der Waals surface area contributed by atoms with Crippen LogP contribution in [0.1, 0.15) is 0 Å². The van der Waals surface area contributed by atoms with Crippen LogP contribution in [0, 0.1) is 0 Å². The Morgan fingerprint density at radius 1 is 1.31 bits per heavy atom. The van der Waals surface area contributed by atoms with Gasteiger partial charge in [0.25, 0.3) is 14.2 Å². The van der Waals surface area contributed by atoms with Crippen molar-refractivity contribution in [1.82, 2.24) is 5.32 Å². The molecule has 0 aliphatic carbocycles. The second kappa shape index (κ2) is 3.67. The molecule has 92 valence electrons. The van der Waals surface area contributed by atoms with Crippen LogP contribution in [0.15, 0.2) is 4.99 Å². The Bertz CT molecular complexity index is 354. The highest BCUT2D eigenvalue weighted by Gasteiger charge is 2.46.